The molecule has 0 amide bonds. The van der Waals surface area contributed by atoms with Gasteiger partial charge in [-0.25, -0.2) is 4.99 Å². The SMILES string of the molecule is CCNC(=NCc1ccc(C#N)cc1)NCC1CCCO1.I. The molecule has 1 aromatic carbocycles. The first-order valence-electron chi connectivity index (χ1n) is 7.44. The highest BCUT2D eigenvalue weighted by atomic mass is 127. The zero-order valence-corrected chi connectivity index (χ0v) is 15.2. The van der Waals surface area contributed by atoms with Gasteiger partial charge in [0, 0.05) is 19.7 Å². The highest BCUT2D eigenvalue weighted by Crippen LogP contribution is 2.10. The van der Waals surface area contributed by atoms with Gasteiger partial charge in [-0.05, 0) is 37.5 Å². The number of guanidine groups is 1. The van der Waals surface area contributed by atoms with Gasteiger partial charge in [0.15, 0.2) is 5.96 Å². The molecular formula is C16H23IN4O. The quantitative estimate of drug-likeness (QED) is 0.441. The largest absolute Gasteiger partial charge is 0.376 e. The number of benzene rings is 1. The van der Waals surface area contributed by atoms with Gasteiger partial charge in [-0.15, -0.1) is 24.0 Å². The number of aliphatic imine (C=N–C) groups is 1. The minimum absolute atomic E-state index is 0. The van der Waals surface area contributed by atoms with Gasteiger partial charge in [-0.3, -0.25) is 0 Å². The lowest BCUT2D eigenvalue weighted by atomic mass is 10.1. The summed E-state index contributed by atoms with van der Waals surface area (Å²) in [6, 6.07) is 9.62. The second-order valence-electron chi connectivity index (χ2n) is 5.02. The smallest absolute Gasteiger partial charge is 0.191 e. The van der Waals surface area contributed by atoms with Crippen molar-refractivity contribution < 1.29 is 4.74 Å². The van der Waals surface area contributed by atoms with E-state index in [0.717, 1.165) is 44.1 Å². The predicted octanol–water partition coefficient (Wildman–Crippen LogP) is 2.41. The number of nitrogens with zero attached hydrogens (tertiary/aromatic N) is 2. The predicted molar refractivity (Wildman–Crippen MR) is 98.4 cm³/mol. The van der Waals surface area contributed by atoms with Crippen LogP contribution < -0.4 is 10.6 Å². The Bertz CT molecular complexity index is 504. The fourth-order valence-corrected chi connectivity index (χ4v) is 2.21. The van der Waals surface area contributed by atoms with Crippen molar-refractivity contribution in [1.82, 2.24) is 10.6 Å². The number of nitriles is 1. The fraction of sp³-hybridized carbons (Fsp3) is 0.500. The molecule has 6 heteroatoms. The molecule has 5 nitrogen and oxygen atoms in total. The van der Waals surface area contributed by atoms with E-state index in [9.17, 15) is 0 Å². The lowest BCUT2D eigenvalue weighted by Gasteiger charge is -2.14. The van der Waals surface area contributed by atoms with Crippen molar-refractivity contribution in [3.8, 4) is 6.07 Å². The molecule has 1 heterocycles. The van der Waals surface area contributed by atoms with E-state index in [1.54, 1.807) is 0 Å². The Labute approximate surface area is 149 Å². The molecule has 0 bridgehead atoms. The first-order chi connectivity index (χ1) is 10.3. The molecule has 1 fully saturated rings. The molecule has 1 aliphatic rings. The summed E-state index contributed by atoms with van der Waals surface area (Å²) >= 11 is 0. The van der Waals surface area contributed by atoms with Crippen LogP contribution in [0, 0.1) is 11.3 Å². The van der Waals surface area contributed by atoms with Crippen LogP contribution in [0.25, 0.3) is 0 Å². The van der Waals surface area contributed by atoms with Crippen LogP contribution >= 0.6 is 24.0 Å². The van der Waals surface area contributed by atoms with Gasteiger partial charge in [-0.2, -0.15) is 5.26 Å². The zero-order valence-electron chi connectivity index (χ0n) is 12.8. The van der Waals surface area contributed by atoms with Gasteiger partial charge in [0.05, 0.1) is 24.3 Å². The number of nitrogens with one attached hydrogen (secondary N) is 2. The van der Waals surface area contributed by atoms with Gasteiger partial charge in [0.2, 0.25) is 0 Å². The van der Waals surface area contributed by atoms with Gasteiger partial charge in [0.25, 0.3) is 0 Å². The summed E-state index contributed by atoms with van der Waals surface area (Å²) < 4.78 is 5.59. The molecule has 0 aliphatic carbocycles. The Kier molecular flexibility index (Phi) is 8.85. The summed E-state index contributed by atoms with van der Waals surface area (Å²) in [6.07, 6.45) is 2.55. The zero-order chi connectivity index (χ0) is 14.9. The standard InChI is InChI=1S/C16H22N4O.HI/c1-2-18-16(20-12-15-4-3-9-21-15)19-11-14-7-5-13(10-17)6-8-14;/h5-8,15H,2-4,9,11-12H2,1H3,(H2,18,19,20);1H. The minimum Gasteiger partial charge on any atom is -0.376 e. The summed E-state index contributed by atoms with van der Waals surface area (Å²) in [5, 5.41) is 15.3. The second-order valence-corrected chi connectivity index (χ2v) is 5.02. The molecule has 0 aromatic heterocycles. The summed E-state index contributed by atoms with van der Waals surface area (Å²) in [5.74, 6) is 0.803. The van der Waals surface area contributed by atoms with E-state index in [-0.39, 0.29) is 24.0 Å². The Morgan fingerprint density at radius 1 is 1.36 bits per heavy atom. The Hall–Kier alpha value is -1.33. The number of ether oxygens (including phenoxy) is 1. The van der Waals surface area contributed by atoms with Crippen LogP contribution in [0.5, 0.6) is 0 Å². The number of halogens is 1. The number of hydrogen-bond acceptors (Lipinski definition) is 3. The highest BCUT2D eigenvalue weighted by Gasteiger charge is 2.15. The van der Waals surface area contributed by atoms with E-state index in [1.165, 1.54) is 0 Å². The van der Waals surface area contributed by atoms with E-state index in [0.29, 0.717) is 18.2 Å². The number of rotatable bonds is 5. The third-order valence-electron chi connectivity index (χ3n) is 3.37. The lowest BCUT2D eigenvalue weighted by Crippen LogP contribution is -2.41. The maximum absolute atomic E-state index is 8.78. The Morgan fingerprint density at radius 3 is 2.73 bits per heavy atom. The molecular weight excluding hydrogens is 391 g/mol. The van der Waals surface area contributed by atoms with E-state index >= 15 is 0 Å². The van der Waals surface area contributed by atoms with E-state index in [1.807, 2.05) is 31.2 Å². The maximum atomic E-state index is 8.78. The van der Waals surface area contributed by atoms with Crippen molar-refractivity contribution in [2.45, 2.75) is 32.4 Å². The van der Waals surface area contributed by atoms with Crippen LogP contribution in [-0.2, 0) is 11.3 Å². The van der Waals surface area contributed by atoms with Crippen molar-refractivity contribution in [3.63, 3.8) is 0 Å². The third kappa shape index (κ3) is 6.20. The molecule has 1 saturated heterocycles. The normalized spacial score (nSPS) is 17.5. The molecule has 22 heavy (non-hydrogen) atoms. The molecule has 0 spiro atoms. The van der Waals surface area contributed by atoms with E-state index in [2.05, 4.69) is 21.7 Å². The van der Waals surface area contributed by atoms with Crippen molar-refractivity contribution in [3.05, 3.63) is 35.4 Å². The third-order valence-corrected chi connectivity index (χ3v) is 3.37. The van der Waals surface area contributed by atoms with E-state index < -0.39 is 0 Å². The maximum Gasteiger partial charge on any atom is 0.191 e. The summed E-state index contributed by atoms with van der Waals surface area (Å²) in [5.41, 5.74) is 1.76. The molecule has 2 rings (SSSR count). The van der Waals surface area contributed by atoms with Gasteiger partial charge in [-0.1, -0.05) is 12.1 Å². The monoisotopic (exact) mass is 414 g/mol. The lowest BCUT2D eigenvalue weighted by molar-refractivity contribution is 0.114. The molecule has 1 aliphatic heterocycles. The summed E-state index contributed by atoms with van der Waals surface area (Å²) in [6.45, 7) is 5.12. The minimum atomic E-state index is 0. The van der Waals surface area contributed by atoms with Crippen molar-refractivity contribution in [1.29, 1.82) is 5.26 Å². The molecule has 0 saturated carbocycles. The summed E-state index contributed by atoms with van der Waals surface area (Å²) in [7, 11) is 0. The molecule has 2 N–H and O–H groups in total. The average molecular weight is 414 g/mol. The fourth-order valence-electron chi connectivity index (χ4n) is 2.21. The topological polar surface area (TPSA) is 69.4 Å². The van der Waals surface area contributed by atoms with Crippen LogP contribution in [0.1, 0.15) is 30.9 Å². The molecule has 0 radical (unpaired) electrons. The van der Waals surface area contributed by atoms with Crippen molar-refractivity contribution >= 4 is 29.9 Å². The van der Waals surface area contributed by atoms with Crippen molar-refractivity contribution in [2.24, 2.45) is 4.99 Å². The first kappa shape index (κ1) is 18.7. The Morgan fingerprint density at radius 2 is 2.14 bits per heavy atom. The average Bonchev–Trinajstić information content (AvgIpc) is 3.04. The highest BCUT2D eigenvalue weighted by molar-refractivity contribution is 14.0. The van der Waals surface area contributed by atoms with Crippen LogP contribution in [0.3, 0.4) is 0 Å². The van der Waals surface area contributed by atoms with Crippen LogP contribution in [0.2, 0.25) is 0 Å². The van der Waals surface area contributed by atoms with Crippen LogP contribution in [0.15, 0.2) is 29.3 Å². The van der Waals surface area contributed by atoms with Crippen LogP contribution in [-0.4, -0.2) is 31.8 Å². The van der Waals surface area contributed by atoms with Gasteiger partial charge in [0.1, 0.15) is 0 Å². The van der Waals surface area contributed by atoms with Crippen molar-refractivity contribution in [2.75, 3.05) is 19.7 Å². The number of hydrogen-bond donors (Lipinski definition) is 2. The molecule has 1 unspecified atom stereocenters. The Balaban J connectivity index is 0.00000242. The summed E-state index contributed by atoms with van der Waals surface area (Å²) in [4.78, 5) is 4.56. The second kappa shape index (κ2) is 10.4. The molecule has 1 atom stereocenters. The van der Waals surface area contributed by atoms with E-state index in [4.69, 9.17) is 10.00 Å². The van der Waals surface area contributed by atoms with Gasteiger partial charge < -0.3 is 15.4 Å². The van der Waals surface area contributed by atoms with Gasteiger partial charge >= 0.3 is 0 Å². The first-order valence-corrected chi connectivity index (χ1v) is 7.44. The molecule has 1 aromatic rings. The van der Waals surface area contributed by atoms with Crippen LogP contribution in [0.4, 0.5) is 0 Å². The molecule has 120 valence electrons.